The molecule has 1 aromatic carbocycles. The van der Waals surface area contributed by atoms with E-state index in [0.717, 1.165) is 0 Å². The summed E-state index contributed by atoms with van der Waals surface area (Å²) in [4.78, 5) is 36.9. The number of H-pyrrole nitrogens is 1. The highest BCUT2D eigenvalue weighted by Gasteiger charge is 2.13. The fraction of sp³-hybridized carbons (Fsp3) is 0.0714. The van der Waals surface area contributed by atoms with Gasteiger partial charge in [0.25, 0.3) is 11.5 Å². The summed E-state index contributed by atoms with van der Waals surface area (Å²) in [6.07, 6.45) is 1.40. The van der Waals surface area contributed by atoms with E-state index in [1.54, 1.807) is 24.3 Å². The summed E-state index contributed by atoms with van der Waals surface area (Å²) in [5.74, 6) is -1.37. The zero-order chi connectivity index (χ0) is 15.2. The third-order valence-corrected chi connectivity index (χ3v) is 2.75. The Labute approximate surface area is 124 Å². The molecule has 0 bridgehead atoms. The van der Waals surface area contributed by atoms with E-state index >= 15 is 0 Å². The average molecular weight is 307 g/mol. The molecule has 1 aromatic heterocycles. The number of carbonyl (C=O) groups excluding carboxylic acids is 2. The number of amides is 1. The summed E-state index contributed by atoms with van der Waals surface area (Å²) in [7, 11) is 0. The largest absolute Gasteiger partial charge is 0.452 e. The van der Waals surface area contributed by atoms with Crippen LogP contribution in [0.3, 0.4) is 0 Å². The van der Waals surface area contributed by atoms with E-state index in [-0.39, 0.29) is 5.56 Å². The number of aromatic amines is 1. The van der Waals surface area contributed by atoms with Crippen LogP contribution in [-0.2, 0) is 9.53 Å². The number of aromatic nitrogens is 1. The number of benzene rings is 1. The quantitative estimate of drug-likeness (QED) is 0.843. The predicted molar refractivity (Wildman–Crippen MR) is 77.4 cm³/mol. The van der Waals surface area contributed by atoms with Crippen molar-refractivity contribution in [3.63, 3.8) is 0 Å². The lowest BCUT2D eigenvalue weighted by molar-refractivity contribution is -0.119. The molecule has 0 aliphatic heterocycles. The number of nitrogens with one attached hydrogen (secondary N) is 2. The van der Waals surface area contributed by atoms with E-state index in [1.165, 1.54) is 18.3 Å². The van der Waals surface area contributed by atoms with Crippen LogP contribution in [0.25, 0.3) is 0 Å². The molecule has 2 aromatic rings. The van der Waals surface area contributed by atoms with Gasteiger partial charge < -0.3 is 15.0 Å². The van der Waals surface area contributed by atoms with Crippen LogP contribution in [0, 0.1) is 0 Å². The second kappa shape index (κ2) is 6.71. The summed E-state index contributed by atoms with van der Waals surface area (Å²) < 4.78 is 4.77. The fourth-order valence-corrected chi connectivity index (χ4v) is 1.65. The Morgan fingerprint density at radius 1 is 1.19 bits per heavy atom. The van der Waals surface area contributed by atoms with Gasteiger partial charge in [0.1, 0.15) is 5.56 Å². The standard InChI is InChI=1S/C14H11ClN2O4/c15-9-3-5-10(6-4-9)17-12(18)8-21-14(20)11-2-1-7-16-13(11)19/h1-7H,8H2,(H,16,19)(H,17,18). The number of carbonyl (C=O) groups is 2. The lowest BCUT2D eigenvalue weighted by Gasteiger charge is -2.06. The van der Waals surface area contributed by atoms with Crippen molar-refractivity contribution in [2.45, 2.75) is 0 Å². The van der Waals surface area contributed by atoms with E-state index in [0.29, 0.717) is 10.7 Å². The molecular formula is C14H11ClN2O4. The molecule has 6 nitrogen and oxygen atoms in total. The highest BCUT2D eigenvalue weighted by molar-refractivity contribution is 6.30. The average Bonchev–Trinajstić information content (AvgIpc) is 2.48. The van der Waals surface area contributed by atoms with Crippen LogP contribution >= 0.6 is 11.6 Å². The minimum absolute atomic E-state index is 0.156. The lowest BCUT2D eigenvalue weighted by atomic mass is 10.3. The van der Waals surface area contributed by atoms with Crippen LogP contribution in [0.4, 0.5) is 5.69 Å². The highest BCUT2D eigenvalue weighted by atomic mass is 35.5. The van der Waals surface area contributed by atoms with Crippen LogP contribution in [0.1, 0.15) is 10.4 Å². The van der Waals surface area contributed by atoms with Crippen molar-refractivity contribution >= 4 is 29.2 Å². The minimum atomic E-state index is -0.858. The van der Waals surface area contributed by atoms with Crippen LogP contribution in [0.2, 0.25) is 5.02 Å². The Balaban J connectivity index is 1.89. The normalized spacial score (nSPS) is 9.95. The maximum absolute atomic E-state index is 11.6. The van der Waals surface area contributed by atoms with Gasteiger partial charge in [-0.05, 0) is 36.4 Å². The highest BCUT2D eigenvalue weighted by Crippen LogP contribution is 2.13. The first kappa shape index (κ1) is 14.8. The predicted octanol–water partition coefficient (Wildman–Crippen LogP) is 1.82. The van der Waals surface area contributed by atoms with Gasteiger partial charge in [0.15, 0.2) is 6.61 Å². The zero-order valence-corrected chi connectivity index (χ0v) is 11.5. The SMILES string of the molecule is O=C(COC(=O)c1ccc[nH]c1=O)Nc1ccc(Cl)cc1. The van der Waals surface area contributed by atoms with Crippen molar-refractivity contribution in [3.05, 3.63) is 63.5 Å². The monoisotopic (exact) mass is 306 g/mol. The first-order valence-electron chi connectivity index (χ1n) is 5.96. The summed E-state index contributed by atoms with van der Waals surface area (Å²) >= 11 is 5.72. The first-order chi connectivity index (χ1) is 10.1. The molecule has 1 amide bonds. The maximum Gasteiger partial charge on any atom is 0.344 e. The van der Waals surface area contributed by atoms with Gasteiger partial charge in [-0.3, -0.25) is 9.59 Å². The molecule has 0 fully saturated rings. The molecule has 0 radical (unpaired) electrons. The van der Waals surface area contributed by atoms with Gasteiger partial charge in [0, 0.05) is 16.9 Å². The topological polar surface area (TPSA) is 88.3 Å². The number of esters is 1. The molecule has 0 spiro atoms. The summed E-state index contributed by atoms with van der Waals surface area (Å²) in [5, 5.41) is 3.07. The van der Waals surface area contributed by atoms with E-state index in [9.17, 15) is 14.4 Å². The summed E-state index contributed by atoms with van der Waals surface area (Å²) in [5.41, 5.74) is -0.199. The molecule has 0 unspecified atom stereocenters. The summed E-state index contributed by atoms with van der Waals surface area (Å²) in [6, 6.07) is 9.28. The lowest BCUT2D eigenvalue weighted by Crippen LogP contribution is -2.24. The molecule has 2 rings (SSSR count). The fourth-order valence-electron chi connectivity index (χ4n) is 1.52. The first-order valence-corrected chi connectivity index (χ1v) is 6.34. The minimum Gasteiger partial charge on any atom is -0.452 e. The number of hydrogen-bond acceptors (Lipinski definition) is 4. The van der Waals surface area contributed by atoms with Crippen LogP contribution in [0.5, 0.6) is 0 Å². The Bertz CT molecular complexity index is 709. The van der Waals surface area contributed by atoms with Gasteiger partial charge in [-0.2, -0.15) is 0 Å². The van der Waals surface area contributed by atoms with E-state index < -0.39 is 24.0 Å². The van der Waals surface area contributed by atoms with Gasteiger partial charge in [-0.15, -0.1) is 0 Å². The van der Waals surface area contributed by atoms with Crippen LogP contribution < -0.4 is 10.9 Å². The van der Waals surface area contributed by atoms with E-state index in [2.05, 4.69) is 10.3 Å². The smallest absolute Gasteiger partial charge is 0.344 e. The molecule has 0 aliphatic rings. The number of rotatable bonds is 4. The van der Waals surface area contributed by atoms with Gasteiger partial charge >= 0.3 is 5.97 Å². The van der Waals surface area contributed by atoms with Crippen molar-refractivity contribution in [3.8, 4) is 0 Å². The number of halogens is 1. The second-order valence-electron chi connectivity index (χ2n) is 4.04. The molecule has 1 heterocycles. The van der Waals surface area contributed by atoms with E-state index in [1.807, 2.05) is 0 Å². The molecule has 7 heteroatoms. The Hall–Kier alpha value is -2.60. The summed E-state index contributed by atoms with van der Waals surface area (Å²) in [6.45, 7) is -0.490. The number of anilines is 1. The van der Waals surface area contributed by atoms with Gasteiger partial charge in [-0.1, -0.05) is 11.6 Å². The Kier molecular flexibility index (Phi) is 4.73. The molecule has 2 N–H and O–H groups in total. The molecule has 0 saturated heterocycles. The molecule has 21 heavy (non-hydrogen) atoms. The van der Waals surface area contributed by atoms with Crippen molar-refractivity contribution in [1.82, 2.24) is 4.98 Å². The molecule has 108 valence electrons. The van der Waals surface area contributed by atoms with Gasteiger partial charge in [0.05, 0.1) is 0 Å². The third-order valence-electron chi connectivity index (χ3n) is 2.50. The number of pyridine rings is 1. The van der Waals surface area contributed by atoms with Crippen molar-refractivity contribution in [2.24, 2.45) is 0 Å². The second-order valence-corrected chi connectivity index (χ2v) is 4.48. The number of ether oxygens (including phenoxy) is 1. The zero-order valence-electron chi connectivity index (χ0n) is 10.8. The van der Waals surface area contributed by atoms with Crippen molar-refractivity contribution in [1.29, 1.82) is 0 Å². The third kappa shape index (κ3) is 4.19. The Morgan fingerprint density at radius 2 is 1.90 bits per heavy atom. The Morgan fingerprint density at radius 3 is 2.57 bits per heavy atom. The number of hydrogen-bond donors (Lipinski definition) is 2. The maximum atomic E-state index is 11.6. The van der Waals surface area contributed by atoms with Gasteiger partial charge in [-0.25, -0.2) is 4.79 Å². The van der Waals surface area contributed by atoms with Gasteiger partial charge in [0.2, 0.25) is 0 Å². The van der Waals surface area contributed by atoms with Crippen LogP contribution in [0.15, 0.2) is 47.4 Å². The van der Waals surface area contributed by atoms with Crippen molar-refractivity contribution < 1.29 is 14.3 Å². The van der Waals surface area contributed by atoms with Crippen molar-refractivity contribution in [2.75, 3.05) is 11.9 Å². The molecule has 0 atom stereocenters. The molecule has 0 saturated carbocycles. The molecular weight excluding hydrogens is 296 g/mol. The van der Waals surface area contributed by atoms with Crippen LogP contribution in [-0.4, -0.2) is 23.5 Å². The van der Waals surface area contributed by atoms with E-state index in [4.69, 9.17) is 16.3 Å². The molecule has 0 aliphatic carbocycles.